The molecule has 23 heavy (non-hydrogen) atoms. The maximum Gasteiger partial charge on any atom is 0.229 e. The summed E-state index contributed by atoms with van der Waals surface area (Å²) in [6.45, 7) is 1.48. The lowest BCUT2D eigenvalue weighted by atomic mass is 10.1. The first-order valence-corrected chi connectivity index (χ1v) is 7.47. The third-order valence-electron chi connectivity index (χ3n) is 3.45. The number of benzene rings is 1. The first-order chi connectivity index (χ1) is 11.0. The van der Waals surface area contributed by atoms with Gasteiger partial charge in [0.1, 0.15) is 11.6 Å². The summed E-state index contributed by atoms with van der Waals surface area (Å²) < 4.78 is 5.38. The SMILES string of the molecule is COc1ccccc1CCN(C)Cc1nc(N)nc(N(C)C)n1. The van der Waals surface area contributed by atoms with Gasteiger partial charge in [-0.1, -0.05) is 18.2 Å². The lowest BCUT2D eigenvalue weighted by Gasteiger charge is -2.18. The Balaban J connectivity index is 1.98. The molecule has 2 aromatic rings. The quantitative estimate of drug-likeness (QED) is 0.822. The van der Waals surface area contributed by atoms with Crippen molar-refractivity contribution < 1.29 is 4.74 Å². The molecule has 0 unspecified atom stereocenters. The maximum absolute atomic E-state index is 5.75. The summed E-state index contributed by atoms with van der Waals surface area (Å²) in [4.78, 5) is 16.7. The molecule has 0 fully saturated rings. The second kappa shape index (κ2) is 7.73. The number of aromatic nitrogens is 3. The Labute approximate surface area is 137 Å². The third-order valence-corrected chi connectivity index (χ3v) is 3.45. The summed E-state index contributed by atoms with van der Waals surface area (Å²) >= 11 is 0. The summed E-state index contributed by atoms with van der Waals surface area (Å²) in [5.41, 5.74) is 6.94. The van der Waals surface area contributed by atoms with E-state index in [0.29, 0.717) is 18.3 Å². The number of nitrogens with two attached hydrogens (primary N) is 1. The number of hydrogen-bond donors (Lipinski definition) is 1. The molecule has 2 N–H and O–H groups in total. The molecule has 0 atom stereocenters. The summed E-state index contributed by atoms with van der Waals surface area (Å²) in [6, 6.07) is 8.05. The van der Waals surface area contributed by atoms with Crippen molar-refractivity contribution in [3.8, 4) is 5.75 Å². The molecular weight excluding hydrogens is 292 g/mol. The molecule has 1 aromatic carbocycles. The monoisotopic (exact) mass is 316 g/mol. The Morgan fingerprint density at radius 3 is 2.52 bits per heavy atom. The fourth-order valence-electron chi connectivity index (χ4n) is 2.24. The standard InChI is InChI=1S/C16H24N6O/c1-21(2)16-19-14(18-15(17)20-16)11-22(3)10-9-12-7-5-6-8-13(12)23-4/h5-8H,9-11H2,1-4H3,(H2,17,18,19,20). The van der Waals surface area contributed by atoms with E-state index in [9.17, 15) is 0 Å². The molecule has 0 bridgehead atoms. The number of nitrogen functional groups attached to an aromatic ring is 1. The number of likely N-dealkylation sites (N-methyl/N-ethyl adjacent to an activating group) is 1. The molecule has 0 saturated carbocycles. The Bertz CT molecular complexity index is 646. The highest BCUT2D eigenvalue weighted by molar-refractivity contribution is 5.34. The normalized spacial score (nSPS) is 10.8. The van der Waals surface area contributed by atoms with E-state index in [4.69, 9.17) is 10.5 Å². The van der Waals surface area contributed by atoms with E-state index in [2.05, 4.69) is 25.9 Å². The molecule has 1 heterocycles. The molecule has 0 aliphatic heterocycles. The fourth-order valence-corrected chi connectivity index (χ4v) is 2.24. The Morgan fingerprint density at radius 2 is 1.83 bits per heavy atom. The molecule has 0 amide bonds. The molecule has 7 heteroatoms. The second-order valence-electron chi connectivity index (χ2n) is 5.60. The molecule has 0 spiro atoms. The lowest BCUT2D eigenvalue weighted by molar-refractivity contribution is 0.319. The van der Waals surface area contributed by atoms with Gasteiger partial charge < -0.3 is 15.4 Å². The summed E-state index contributed by atoms with van der Waals surface area (Å²) in [5.74, 6) is 2.41. The Morgan fingerprint density at radius 1 is 1.09 bits per heavy atom. The van der Waals surface area contributed by atoms with Crippen LogP contribution in [0.25, 0.3) is 0 Å². The number of nitrogens with zero attached hydrogens (tertiary/aromatic N) is 5. The number of rotatable bonds is 7. The molecule has 0 aliphatic rings. The van der Waals surface area contributed by atoms with Gasteiger partial charge in [-0.3, -0.25) is 4.90 Å². The summed E-state index contributed by atoms with van der Waals surface area (Å²) in [6.07, 6.45) is 0.890. The first kappa shape index (κ1) is 17.0. The van der Waals surface area contributed by atoms with Crippen LogP contribution in [-0.2, 0) is 13.0 Å². The zero-order valence-corrected chi connectivity index (χ0v) is 14.2. The van der Waals surface area contributed by atoms with Crippen LogP contribution in [0.15, 0.2) is 24.3 Å². The van der Waals surface area contributed by atoms with Crippen molar-refractivity contribution in [1.82, 2.24) is 19.9 Å². The van der Waals surface area contributed by atoms with Gasteiger partial charge >= 0.3 is 0 Å². The highest BCUT2D eigenvalue weighted by Gasteiger charge is 2.10. The van der Waals surface area contributed by atoms with Gasteiger partial charge in [0, 0.05) is 20.6 Å². The zero-order chi connectivity index (χ0) is 16.8. The predicted octanol–water partition coefficient (Wildman–Crippen LogP) is 1.20. The van der Waals surface area contributed by atoms with Crippen LogP contribution in [0.3, 0.4) is 0 Å². The van der Waals surface area contributed by atoms with Crippen molar-refractivity contribution in [2.45, 2.75) is 13.0 Å². The Hall–Kier alpha value is -2.41. The highest BCUT2D eigenvalue weighted by atomic mass is 16.5. The number of methoxy groups -OCH3 is 1. The van der Waals surface area contributed by atoms with Crippen molar-refractivity contribution in [3.05, 3.63) is 35.7 Å². The van der Waals surface area contributed by atoms with Crippen molar-refractivity contribution in [2.75, 3.05) is 45.4 Å². The van der Waals surface area contributed by atoms with Crippen LogP contribution in [0.1, 0.15) is 11.4 Å². The fraction of sp³-hybridized carbons (Fsp3) is 0.438. The molecule has 0 aliphatic carbocycles. The minimum atomic E-state index is 0.247. The minimum absolute atomic E-state index is 0.247. The molecular formula is C16H24N6O. The van der Waals surface area contributed by atoms with Gasteiger partial charge in [-0.15, -0.1) is 0 Å². The number of ether oxygens (including phenoxy) is 1. The highest BCUT2D eigenvalue weighted by Crippen LogP contribution is 2.18. The van der Waals surface area contributed by atoms with Crippen LogP contribution in [0, 0.1) is 0 Å². The van der Waals surface area contributed by atoms with Gasteiger partial charge in [0.15, 0.2) is 0 Å². The van der Waals surface area contributed by atoms with E-state index in [0.717, 1.165) is 18.7 Å². The van der Waals surface area contributed by atoms with Crippen LogP contribution in [-0.4, -0.2) is 54.6 Å². The van der Waals surface area contributed by atoms with Gasteiger partial charge in [0.25, 0.3) is 0 Å². The molecule has 2 rings (SSSR count). The van der Waals surface area contributed by atoms with E-state index in [1.807, 2.05) is 44.2 Å². The van der Waals surface area contributed by atoms with Crippen LogP contribution < -0.4 is 15.4 Å². The van der Waals surface area contributed by atoms with Gasteiger partial charge in [-0.05, 0) is 25.1 Å². The number of para-hydroxylation sites is 1. The smallest absolute Gasteiger partial charge is 0.229 e. The van der Waals surface area contributed by atoms with Crippen molar-refractivity contribution in [1.29, 1.82) is 0 Å². The average Bonchev–Trinajstić information content (AvgIpc) is 2.52. The van der Waals surface area contributed by atoms with E-state index in [1.54, 1.807) is 7.11 Å². The second-order valence-corrected chi connectivity index (χ2v) is 5.60. The predicted molar refractivity (Wildman–Crippen MR) is 91.6 cm³/mol. The molecule has 124 valence electrons. The minimum Gasteiger partial charge on any atom is -0.496 e. The van der Waals surface area contributed by atoms with E-state index in [1.165, 1.54) is 5.56 Å². The zero-order valence-electron chi connectivity index (χ0n) is 14.2. The largest absolute Gasteiger partial charge is 0.496 e. The van der Waals surface area contributed by atoms with Crippen molar-refractivity contribution >= 4 is 11.9 Å². The van der Waals surface area contributed by atoms with Crippen LogP contribution in [0.2, 0.25) is 0 Å². The topological polar surface area (TPSA) is 80.4 Å². The molecule has 0 saturated heterocycles. The number of hydrogen-bond acceptors (Lipinski definition) is 7. The van der Waals surface area contributed by atoms with Crippen molar-refractivity contribution in [3.63, 3.8) is 0 Å². The van der Waals surface area contributed by atoms with Gasteiger partial charge in [0.05, 0.1) is 13.7 Å². The number of anilines is 2. The molecule has 0 radical (unpaired) electrons. The summed E-state index contributed by atoms with van der Waals surface area (Å²) in [7, 11) is 7.48. The first-order valence-electron chi connectivity index (χ1n) is 7.47. The van der Waals surface area contributed by atoms with Crippen molar-refractivity contribution in [2.24, 2.45) is 0 Å². The third kappa shape index (κ3) is 4.79. The van der Waals surface area contributed by atoms with Crippen LogP contribution in [0.5, 0.6) is 5.75 Å². The van der Waals surface area contributed by atoms with Gasteiger partial charge in [0.2, 0.25) is 11.9 Å². The average molecular weight is 316 g/mol. The van der Waals surface area contributed by atoms with Crippen LogP contribution in [0.4, 0.5) is 11.9 Å². The van der Waals surface area contributed by atoms with E-state index >= 15 is 0 Å². The van der Waals surface area contributed by atoms with Gasteiger partial charge in [-0.25, -0.2) is 0 Å². The summed E-state index contributed by atoms with van der Waals surface area (Å²) in [5, 5.41) is 0. The lowest BCUT2D eigenvalue weighted by Crippen LogP contribution is -2.24. The van der Waals surface area contributed by atoms with Gasteiger partial charge in [-0.2, -0.15) is 15.0 Å². The van der Waals surface area contributed by atoms with Crippen LogP contribution >= 0.6 is 0 Å². The Kier molecular flexibility index (Phi) is 5.70. The van der Waals surface area contributed by atoms with E-state index < -0.39 is 0 Å². The molecule has 7 nitrogen and oxygen atoms in total. The maximum atomic E-state index is 5.75. The molecule has 1 aromatic heterocycles. The van der Waals surface area contributed by atoms with E-state index in [-0.39, 0.29) is 5.95 Å².